The number of aromatic amines is 2. The van der Waals surface area contributed by atoms with Gasteiger partial charge in [0.2, 0.25) is 0 Å². The van der Waals surface area contributed by atoms with Crippen LogP contribution in [0.4, 0.5) is 0 Å². The van der Waals surface area contributed by atoms with E-state index in [9.17, 15) is 4.79 Å². The molecular weight excluding hydrogens is 200 g/mol. The smallest absolute Gasteiger partial charge is 0.309 e. The molecule has 0 saturated carbocycles. The second-order valence-electron chi connectivity index (χ2n) is 4.04. The number of rotatable bonds is 3. The summed E-state index contributed by atoms with van der Waals surface area (Å²) in [5.41, 5.74) is 2.84. The van der Waals surface area contributed by atoms with Crippen molar-refractivity contribution in [3.05, 3.63) is 46.5 Å². The molecule has 2 rings (SSSR count). The molecule has 0 spiro atoms. The second kappa shape index (κ2) is 4.39. The van der Waals surface area contributed by atoms with Crippen LogP contribution in [-0.2, 0) is 0 Å². The number of H-pyrrole nitrogens is 2. The van der Waals surface area contributed by atoms with Crippen LogP contribution >= 0.6 is 0 Å². The van der Waals surface area contributed by atoms with E-state index >= 15 is 0 Å². The van der Waals surface area contributed by atoms with E-state index in [0.717, 1.165) is 23.4 Å². The number of benzene rings is 1. The van der Waals surface area contributed by atoms with E-state index in [1.807, 2.05) is 30.3 Å². The van der Waals surface area contributed by atoms with E-state index in [-0.39, 0.29) is 5.69 Å². The first-order valence-corrected chi connectivity index (χ1v) is 5.60. The molecule has 2 N–H and O–H groups in total. The summed E-state index contributed by atoms with van der Waals surface area (Å²) in [5, 5.41) is 0. The lowest BCUT2D eigenvalue weighted by Gasteiger charge is -2.08. The van der Waals surface area contributed by atoms with Crippen LogP contribution in [0.3, 0.4) is 0 Å². The topological polar surface area (TPSA) is 48.6 Å². The van der Waals surface area contributed by atoms with Crippen LogP contribution in [0.15, 0.2) is 35.1 Å². The Morgan fingerprint density at radius 3 is 2.50 bits per heavy atom. The summed E-state index contributed by atoms with van der Waals surface area (Å²) < 4.78 is 0. The maximum absolute atomic E-state index is 11.4. The summed E-state index contributed by atoms with van der Waals surface area (Å²) in [6.07, 6.45) is 1.01. The Morgan fingerprint density at radius 2 is 1.88 bits per heavy atom. The Morgan fingerprint density at radius 1 is 1.19 bits per heavy atom. The zero-order chi connectivity index (χ0) is 11.5. The summed E-state index contributed by atoms with van der Waals surface area (Å²) in [4.78, 5) is 17.1. The van der Waals surface area contributed by atoms with Crippen LogP contribution in [0, 0.1) is 0 Å². The van der Waals surface area contributed by atoms with Crippen molar-refractivity contribution in [1.82, 2.24) is 9.97 Å². The van der Waals surface area contributed by atoms with E-state index in [0.29, 0.717) is 5.92 Å². The van der Waals surface area contributed by atoms with E-state index < -0.39 is 0 Å². The van der Waals surface area contributed by atoms with Gasteiger partial charge in [-0.25, -0.2) is 4.79 Å². The maximum atomic E-state index is 11.4. The number of hydrogen-bond donors (Lipinski definition) is 2. The Hall–Kier alpha value is -1.77. The van der Waals surface area contributed by atoms with Gasteiger partial charge in [0.05, 0.1) is 5.69 Å². The van der Waals surface area contributed by atoms with Crippen molar-refractivity contribution in [2.24, 2.45) is 0 Å². The highest BCUT2D eigenvalue weighted by atomic mass is 16.1. The van der Waals surface area contributed by atoms with Crippen LogP contribution in [0.25, 0.3) is 11.3 Å². The van der Waals surface area contributed by atoms with Crippen molar-refractivity contribution in [1.29, 1.82) is 0 Å². The molecule has 2 aromatic rings. The Kier molecular flexibility index (Phi) is 2.95. The molecule has 1 aromatic carbocycles. The molecule has 1 aromatic heterocycles. The Bertz CT molecular complexity index is 510. The average Bonchev–Trinajstić information content (AvgIpc) is 2.71. The first-order valence-electron chi connectivity index (χ1n) is 5.60. The van der Waals surface area contributed by atoms with Gasteiger partial charge in [-0.2, -0.15) is 0 Å². The minimum absolute atomic E-state index is 0.130. The number of nitrogens with one attached hydrogen (secondary N) is 2. The van der Waals surface area contributed by atoms with E-state index in [2.05, 4.69) is 23.8 Å². The molecule has 0 amide bonds. The molecule has 84 valence electrons. The van der Waals surface area contributed by atoms with Crippen LogP contribution in [-0.4, -0.2) is 9.97 Å². The quantitative estimate of drug-likeness (QED) is 0.814. The van der Waals surface area contributed by atoms with Gasteiger partial charge in [-0.3, -0.25) is 0 Å². The first kappa shape index (κ1) is 10.7. The molecule has 3 nitrogen and oxygen atoms in total. The highest BCUT2D eigenvalue weighted by Crippen LogP contribution is 2.26. The summed E-state index contributed by atoms with van der Waals surface area (Å²) in [6.45, 7) is 4.23. The maximum Gasteiger partial charge on any atom is 0.323 e. The normalized spacial score (nSPS) is 12.6. The van der Waals surface area contributed by atoms with Gasteiger partial charge in [0.25, 0.3) is 0 Å². The van der Waals surface area contributed by atoms with Crippen molar-refractivity contribution < 1.29 is 0 Å². The molecule has 16 heavy (non-hydrogen) atoms. The molecule has 0 fully saturated rings. The molecule has 1 atom stereocenters. The lowest BCUT2D eigenvalue weighted by atomic mass is 10.00. The number of hydrogen-bond acceptors (Lipinski definition) is 1. The zero-order valence-corrected chi connectivity index (χ0v) is 9.58. The van der Waals surface area contributed by atoms with Crippen molar-refractivity contribution in [2.45, 2.75) is 26.2 Å². The predicted octanol–water partition coefficient (Wildman–Crippen LogP) is 2.88. The lowest BCUT2D eigenvalue weighted by molar-refractivity contribution is 0.713. The molecule has 3 heteroatoms. The summed E-state index contributed by atoms with van der Waals surface area (Å²) in [7, 11) is 0. The fraction of sp³-hybridized carbons (Fsp3) is 0.308. The van der Waals surface area contributed by atoms with Crippen LogP contribution in [0.1, 0.15) is 31.9 Å². The van der Waals surface area contributed by atoms with Gasteiger partial charge in [-0.15, -0.1) is 0 Å². The molecule has 0 bridgehead atoms. The van der Waals surface area contributed by atoms with Gasteiger partial charge in [0.1, 0.15) is 0 Å². The van der Waals surface area contributed by atoms with Gasteiger partial charge in [-0.05, 0) is 17.9 Å². The van der Waals surface area contributed by atoms with E-state index in [1.165, 1.54) is 0 Å². The monoisotopic (exact) mass is 216 g/mol. The van der Waals surface area contributed by atoms with E-state index in [1.54, 1.807) is 0 Å². The lowest BCUT2D eigenvalue weighted by Crippen LogP contribution is -2.02. The van der Waals surface area contributed by atoms with Crippen LogP contribution in [0.5, 0.6) is 0 Å². The van der Waals surface area contributed by atoms with Gasteiger partial charge < -0.3 is 9.97 Å². The van der Waals surface area contributed by atoms with Crippen LogP contribution < -0.4 is 5.69 Å². The third kappa shape index (κ3) is 1.94. The highest BCUT2D eigenvalue weighted by Gasteiger charge is 2.13. The SMILES string of the molecule is CCC(C)c1[nH]c(=O)[nH]c1-c1ccccc1. The number of aromatic nitrogens is 2. The molecule has 0 aliphatic carbocycles. The predicted molar refractivity (Wildman–Crippen MR) is 65.6 cm³/mol. The zero-order valence-electron chi connectivity index (χ0n) is 9.58. The van der Waals surface area contributed by atoms with Gasteiger partial charge >= 0.3 is 5.69 Å². The van der Waals surface area contributed by atoms with Gasteiger partial charge in [0.15, 0.2) is 0 Å². The summed E-state index contributed by atoms with van der Waals surface area (Å²) in [5.74, 6) is 0.356. The third-order valence-electron chi connectivity index (χ3n) is 2.92. The molecule has 0 aliphatic rings. The fourth-order valence-corrected chi connectivity index (χ4v) is 1.80. The van der Waals surface area contributed by atoms with Crippen molar-refractivity contribution >= 4 is 0 Å². The standard InChI is InChI=1S/C13H16N2O/c1-3-9(2)11-12(15-13(16)14-11)10-7-5-4-6-8-10/h4-9H,3H2,1-2H3,(H2,14,15,16). The second-order valence-corrected chi connectivity index (χ2v) is 4.04. The minimum Gasteiger partial charge on any atom is -0.309 e. The van der Waals surface area contributed by atoms with Gasteiger partial charge in [-0.1, -0.05) is 44.2 Å². The molecule has 0 saturated heterocycles. The Balaban J connectivity index is 2.53. The number of imidazole rings is 1. The molecule has 1 heterocycles. The minimum atomic E-state index is -0.130. The molecule has 1 unspecified atom stereocenters. The Labute approximate surface area is 94.5 Å². The van der Waals surface area contributed by atoms with Crippen molar-refractivity contribution in [3.8, 4) is 11.3 Å². The highest BCUT2D eigenvalue weighted by molar-refractivity contribution is 5.62. The summed E-state index contributed by atoms with van der Waals surface area (Å²) in [6, 6.07) is 9.93. The largest absolute Gasteiger partial charge is 0.323 e. The molecule has 0 aliphatic heterocycles. The summed E-state index contributed by atoms with van der Waals surface area (Å²) >= 11 is 0. The third-order valence-corrected chi connectivity index (χ3v) is 2.92. The van der Waals surface area contributed by atoms with E-state index in [4.69, 9.17) is 0 Å². The van der Waals surface area contributed by atoms with Gasteiger partial charge in [0, 0.05) is 5.69 Å². The fourth-order valence-electron chi connectivity index (χ4n) is 1.80. The average molecular weight is 216 g/mol. The van der Waals surface area contributed by atoms with Crippen molar-refractivity contribution in [2.75, 3.05) is 0 Å². The molecular formula is C13H16N2O. The molecule has 0 radical (unpaired) electrons. The van der Waals surface area contributed by atoms with Crippen molar-refractivity contribution in [3.63, 3.8) is 0 Å². The van der Waals surface area contributed by atoms with Crippen LogP contribution in [0.2, 0.25) is 0 Å². The first-order chi connectivity index (χ1) is 7.72.